The van der Waals surface area contributed by atoms with Gasteiger partial charge in [-0.15, -0.1) is 0 Å². The zero-order chi connectivity index (χ0) is 23.9. The van der Waals surface area contributed by atoms with Gasteiger partial charge in [-0.2, -0.15) is 0 Å². The van der Waals surface area contributed by atoms with E-state index in [2.05, 4.69) is 59.7 Å². The molecule has 0 aliphatic carbocycles. The second-order valence-corrected chi connectivity index (χ2v) is 6.97. The molecular weight excluding hydrogens is 384 g/mol. The van der Waals surface area contributed by atoms with E-state index in [9.17, 15) is 0 Å². The predicted molar refractivity (Wildman–Crippen MR) is 137 cm³/mol. The molecule has 2 aromatic rings. The van der Waals surface area contributed by atoms with Crippen LogP contribution >= 0.6 is 0 Å². The van der Waals surface area contributed by atoms with Gasteiger partial charge in [0.15, 0.2) is 11.5 Å². The Morgan fingerprint density at radius 3 is 1.74 bits per heavy atom. The second-order valence-electron chi connectivity index (χ2n) is 6.97. The fourth-order valence-electron chi connectivity index (χ4n) is 2.14. The first-order valence-corrected chi connectivity index (χ1v) is 12.0. The molecule has 2 rings (SSSR count). The molecule has 0 heterocycles. The standard InChI is InChI=1S/C12H18O.C10H14O2.C4H10.C2H6/c1-4-5-8-13-12-9-10(2)6-7-11(12)3;1-3-8-12-10-7-5-4-6-9(10)11-2;1-3-4-2;1-2/h6-7,9H,4-5,8H2,1-3H3;4-7H,3,8H2,1-2H3;3-4H2,1-2H3;1-2H3. The third-order valence-corrected chi connectivity index (χ3v) is 4.13. The van der Waals surface area contributed by atoms with Crippen LogP contribution in [-0.2, 0) is 0 Å². The number of hydrogen-bond donors (Lipinski definition) is 0. The number of para-hydroxylation sites is 2. The van der Waals surface area contributed by atoms with E-state index >= 15 is 0 Å². The average molecular weight is 433 g/mol. The van der Waals surface area contributed by atoms with Crippen molar-refractivity contribution in [3.8, 4) is 17.2 Å². The molecule has 0 N–H and O–H groups in total. The molecule has 0 saturated carbocycles. The first-order chi connectivity index (χ1) is 15.0. The summed E-state index contributed by atoms with van der Waals surface area (Å²) in [5.41, 5.74) is 2.49. The maximum absolute atomic E-state index is 5.66. The van der Waals surface area contributed by atoms with Crippen molar-refractivity contribution in [3.05, 3.63) is 53.6 Å². The van der Waals surface area contributed by atoms with E-state index in [0.717, 1.165) is 43.3 Å². The number of ether oxygens (including phenoxy) is 3. The van der Waals surface area contributed by atoms with Crippen molar-refractivity contribution < 1.29 is 14.2 Å². The lowest BCUT2D eigenvalue weighted by Crippen LogP contribution is -1.98. The summed E-state index contributed by atoms with van der Waals surface area (Å²) >= 11 is 0. The third kappa shape index (κ3) is 16.2. The van der Waals surface area contributed by atoms with E-state index in [-0.39, 0.29) is 0 Å². The highest BCUT2D eigenvalue weighted by Gasteiger charge is 2.00. The summed E-state index contributed by atoms with van der Waals surface area (Å²) in [6.07, 6.45) is 5.97. The van der Waals surface area contributed by atoms with Gasteiger partial charge in [0, 0.05) is 0 Å². The van der Waals surface area contributed by atoms with Crippen molar-refractivity contribution >= 4 is 0 Å². The summed E-state index contributed by atoms with van der Waals surface area (Å²) in [6.45, 7) is 18.4. The van der Waals surface area contributed by atoms with Crippen LogP contribution in [0, 0.1) is 13.8 Å². The molecule has 0 amide bonds. The summed E-state index contributed by atoms with van der Waals surface area (Å²) in [7, 11) is 1.65. The topological polar surface area (TPSA) is 27.7 Å². The monoisotopic (exact) mass is 432 g/mol. The highest BCUT2D eigenvalue weighted by Crippen LogP contribution is 2.25. The molecule has 0 radical (unpaired) electrons. The maximum atomic E-state index is 5.66. The van der Waals surface area contributed by atoms with E-state index in [0.29, 0.717) is 0 Å². The van der Waals surface area contributed by atoms with E-state index in [1.165, 1.54) is 30.4 Å². The van der Waals surface area contributed by atoms with Crippen molar-refractivity contribution in [2.45, 2.75) is 87.5 Å². The number of rotatable bonds is 9. The molecule has 0 aliphatic rings. The molecule has 3 nitrogen and oxygen atoms in total. The van der Waals surface area contributed by atoms with Crippen LogP contribution in [0.15, 0.2) is 42.5 Å². The lowest BCUT2D eigenvalue weighted by atomic mass is 10.1. The largest absolute Gasteiger partial charge is 0.493 e. The molecule has 0 aromatic heterocycles. The Hall–Kier alpha value is -2.16. The van der Waals surface area contributed by atoms with Gasteiger partial charge >= 0.3 is 0 Å². The Morgan fingerprint density at radius 1 is 0.645 bits per heavy atom. The first-order valence-electron chi connectivity index (χ1n) is 12.0. The van der Waals surface area contributed by atoms with Gasteiger partial charge in [0.1, 0.15) is 5.75 Å². The minimum atomic E-state index is 0.736. The Balaban J connectivity index is 0. The number of methoxy groups -OCH3 is 1. The predicted octanol–water partition coefficient (Wildman–Crippen LogP) is 8.80. The molecular formula is C28H48O3. The van der Waals surface area contributed by atoms with Gasteiger partial charge in [-0.05, 0) is 56.0 Å². The second kappa shape index (κ2) is 22.5. The summed E-state index contributed by atoms with van der Waals surface area (Å²) in [6, 6.07) is 14.0. The zero-order valence-corrected chi connectivity index (χ0v) is 21.7. The Bertz CT molecular complexity index is 636. The normalized spacial score (nSPS) is 9.06. The molecule has 0 bridgehead atoms. The SMILES string of the molecule is CC.CCCC.CCCCOc1cc(C)ccc1C.CCCOc1ccccc1OC. The highest BCUT2D eigenvalue weighted by molar-refractivity contribution is 5.39. The Morgan fingerprint density at radius 2 is 1.23 bits per heavy atom. The minimum Gasteiger partial charge on any atom is -0.493 e. The molecule has 31 heavy (non-hydrogen) atoms. The smallest absolute Gasteiger partial charge is 0.161 e. The van der Waals surface area contributed by atoms with Gasteiger partial charge < -0.3 is 14.2 Å². The number of hydrogen-bond acceptors (Lipinski definition) is 3. The van der Waals surface area contributed by atoms with Crippen LogP contribution in [0.5, 0.6) is 17.2 Å². The van der Waals surface area contributed by atoms with Gasteiger partial charge in [0.05, 0.1) is 20.3 Å². The summed E-state index contributed by atoms with van der Waals surface area (Å²) in [4.78, 5) is 0. The molecule has 178 valence electrons. The lowest BCUT2D eigenvalue weighted by Gasteiger charge is -2.08. The summed E-state index contributed by atoms with van der Waals surface area (Å²) in [5.74, 6) is 2.65. The van der Waals surface area contributed by atoms with Crippen LogP contribution < -0.4 is 14.2 Å². The number of unbranched alkanes of at least 4 members (excludes halogenated alkanes) is 2. The molecule has 0 saturated heterocycles. The minimum absolute atomic E-state index is 0.736. The van der Waals surface area contributed by atoms with Crippen LogP contribution in [0.1, 0.15) is 84.8 Å². The summed E-state index contributed by atoms with van der Waals surface area (Å²) < 4.78 is 16.2. The van der Waals surface area contributed by atoms with Crippen LogP contribution in [0.25, 0.3) is 0 Å². The van der Waals surface area contributed by atoms with Gasteiger partial charge in [0.2, 0.25) is 0 Å². The molecule has 0 atom stereocenters. The third-order valence-electron chi connectivity index (χ3n) is 4.13. The van der Waals surface area contributed by atoms with Crippen molar-refractivity contribution in [2.24, 2.45) is 0 Å². The highest BCUT2D eigenvalue weighted by atomic mass is 16.5. The first kappa shape index (κ1) is 31.0. The zero-order valence-electron chi connectivity index (χ0n) is 21.7. The lowest BCUT2D eigenvalue weighted by molar-refractivity contribution is 0.294. The molecule has 0 unspecified atom stereocenters. The quantitative estimate of drug-likeness (QED) is 0.370. The van der Waals surface area contributed by atoms with Gasteiger partial charge in [-0.3, -0.25) is 0 Å². The number of benzene rings is 2. The molecule has 3 heteroatoms. The van der Waals surface area contributed by atoms with Gasteiger partial charge in [0.25, 0.3) is 0 Å². The maximum Gasteiger partial charge on any atom is 0.161 e. The average Bonchev–Trinajstić information content (AvgIpc) is 2.82. The van der Waals surface area contributed by atoms with Gasteiger partial charge in [-0.1, -0.05) is 85.1 Å². The Labute approximate surface area is 193 Å². The van der Waals surface area contributed by atoms with E-state index < -0.39 is 0 Å². The van der Waals surface area contributed by atoms with E-state index in [4.69, 9.17) is 14.2 Å². The number of aryl methyl sites for hydroxylation is 2. The van der Waals surface area contributed by atoms with Crippen molar-refractivity contribution in [1.29, 1.82) is 0 Å². The molecule has 2 aromatic carbocycles. The summed E-state index contributed by atoms with van der Waals surface area (Å²) in [5, 5.41) is 0. The molecule has 0 spiro atoms. The van der Waals surface area contributed by atoms with Crippen molar-refractivity contribution in [3.63, 3.8) is 0 Å². The fourth-order valence-corrected chi connectivity index (χ4v) is 2.14. The van der Waals surface area contributed by atoms with Crippen molar-refractivity contribution in [1.82, 2.24) is 0 Å². The molecule has 0 aliphatic heterocycles. The van der Waals surface area contributed by atoms with Crippen LogP contribution in [-0.4, -0.2) is 20.3 Å². The van der Waals surface area contributed by atoms with E-state index in [1.807, 2.05) is 38.1 Å². The fraction of sp³-hybridized carbons (Fsp3) is 0.571. The van der Waals surface area contributed by atoms with Crippen LogP contribution in [0.2, 0.25) is 0 Å². The van der Waals surface area contributed by atoms with Gasteiger partial charge in [-0.25, -0.2) is 0 Å². The Kier molecular flexibility index (Phi) is 22.5. The van der Waals surface area contributed by atoms with Crippen molar-refractivity contribution in [2.75, 3.05) is 20.3 Å². The van der Waals surface area contributed by atoms with Crippen LogP contribution in [0.3, 0.4) is 0 Å². The van der Waals surface area contributed by atoms with Crippen LogP contribution in [0.4, 0.5) is 0 Å². The molecule has 0 fully saturated rings. The van der Waals surface area contributed by atoms with E-state index in [1.54, 1.807) is 7.11 Å².